The molecule has 0 spiro atoms. The summed E-state index contributed by atoms with van der Waals surface area (Å²) in [5.41, 5.74) is 8.42. The van der Waals surface area contributed by atoms with Crippen molar-refractivity contribution < 1.29 is 0 Å². The Hall–Kier alpha value is -1.34. The summed E-state index contributed by atoms with van der Waals surface area (Å²) in [7, 11) is 0. The van der Waals surface area contributed by atoms with Crippen LogP contribution in [0.5, 0.6) is 0 Å². The molecule has 1 heteroatoms. The zero-order valence-corrected chi connectivity index (χ0v) is 20.5. The second-order valence-electron chi connectivity index (χ2n) is 5.48. The number of rotatable bonds is 6. The van der Waals surface area contributed by atoms with E-state index < -0.39 is 0 Å². The van der Waals surface area contributed by atoms with E-state index in [2.05, 4.69) is 45.1 Å². The SMILES string of the molecule is C/C=C\C(=C/C)C(N)c1ccccc1.CC.CC.CC.CCCC(C)CC. The van der Waals surface area contributed by atoms with E-state index in [1.165, 1.54) is 19.3 Å². The number of allylic oxidation sites excluding steroid dienone is 2. The third-order valence-corrected chi connectivity index (χ3v) is 3.69. The molecule has 0 bridgehead atoms. The third-order valence-electron chi connectivity index (χ3n) is 3.69. The molecule has 27 heavy (non-hydrogen) atoms. The average Bonchev–Trinajstić information content (AvgIpc) is 2.77. The van der Waals surface area contributed by atoms with Crippen molar-refractivity contribution in [3.05, 3.63) is 59.7 Å². The summed E-state index contributed by atoms with van der Waals surface area (Å²) in [5, 5.41) is 0. The van der Waals surface area contributed by atoms with Crippen molar-refractivity contribution in [3.63, 3.8) is 0 Å². The van der Waals surface area contributed by atoms with Gasteiger partial charge in [-0.3, -0.25) is 0 Å². The fourth-order valence-electron chi connectivity index (χ4n) is 2.12. The van der Waals surface area contributed by atoms with Crippen molar-refractivity contribution in [2.45, 2.75) is 101 Å². The summed E-state index contributed by atoms with van der Waals surface area (Å²) in [6, 6.07) is 10.1. The van der Waals surface area contributed by atoms with Gasteiger partial charge in [0.25, 0.3) is 0 Å². The lowest BCUT2D eigenvalue weighted by Crippen LogP contribution is -2.11. The maximum atomic E-state index is 6.12. The second-order valence-corrected chi connectivity index (χ2v) is 5.48. The highest BCUT2D eigenvalue weighted by molar-refractivity contribution is 5.33. The smallest absolute Gasteiger partial charge is 0.0548 e. The fraction of sp³-hybridized carbons (Fsp3) is 0.615. The first-order valence-corrected chi connectivity index (χ1v) is 11.2. The lowest BCUT2D eigenvalue weighted by atomic mass is 9.99. The predicted octanol–water partition coefficient (Wildman–Crippen LogP) is 9.12. The Balaban J connectivity index is -0.000000172. The lowest BCUT2D eigenvalue weighted by molar-refractivity contribution is 0.509. The largest absolute Gasteiger partial charge is 0.320 e. The van der Waals surface area contributed by atoms with Gasteiger partial charge in [0.1, 0.15) is 0 Å². The predicted molar refractivity (Wildman–Crippen MR) is 130 cm³/mol. The van der Waals surface area contributed by atoms with E-state index in [0.717, 1.165) is 17.1 Å². The van der Waals surface area contributed by atoms with Gasteiger partial charge in [0.15, 0.2) is 0 Å². The van der Waals surface area contributed by atoms with Crippen LogP contribution in [0, 0.1) is 5.92 Å². The molecule has 0 aliphatic heterocycles. The number of hydrogen-bond donors (Lipinski definition) is 1. The van der Waals surface area contributed by atoms with Crippen molar-refractivity contribution in [2.75, 3.05) is 0 Å². The van der Waals surface area contributed by atoms with Gasteiger partial charge in [0.05, 0.1) is 6.04 Å². The quantitative estimate of drug-likeness (QED) is 0.491. The molecule has 0 saturated heterocycles. The molecular formula is C26H51N. The maximum Gasteiger partial charge on any atom is 0.0548 e. The molecule has 160 valence electrons. The van der Waals surface area contributed by atoms with Gasteiger partial charge in [-0.2, -0.15) is 0 Å². The van der Waals surface area contributed by atoms with E-state index in [1.54, 1.807) is 0 Å². The summed E-state index contributed by atoms with van der Waals surface area (Å²) in [6.07, 6.45) is 10.2. The van der Waals surface area contributed by atoms with Crippen LogP contribution in [0.15, 0.2) is 54.1 Å². The molecule has 2 atom stereocenters. The Morgan fingerprint density at radius 1 is 0.926 bits per heavy atom. The molecule has 0 aliphatic rings. The van der Waals surface area contributed by atoms with Gasteiger partial charge in [-0.25, -0.2) is 0 Å². The molecule has 1 aromatic carbocycles. The summed E-state index contributed by atoms with van der Waals surface area (Å²) in [4.78, 5) is 0. The monoisotopic (exact) mass is 377 g/mol. The standard InChI is InChI=1S/C13H17N.C7H16.3C2H6/c1-3-8-11(4-2)13(14)12-9-6-5-7-10-12;1-4-6-7(3)5-2;3*1-2/h3-10,13H,14H2,1-2H3;7H,4-6H2,1-3H3;3*1-2H3/b8-3-,11-4+;;;;. The molecule has 1 aromatic rings. The highest BCUT2D eigenvalue weighted by Crippen LogP contribution is 2.19. The molecule has 0 fully saturated rings. The van der Waals surface area contributed by atoms with Gasteiger partial charge >= 0.3 is 0 Å². The Morgan fingerprint density at radius 2 is 1.41 bits per heavy atom. The van der Waals surface area contributed by atoms with Gasteiger partial charge in [0.2, 0.25) is 0 Å². The zero-order valence-electron chi connectivity index (χ0n) is 20.5. The molecule has 0 amide bonds. The Morgan fingerprint density at radius 3 is 1.70 bits per heavy atom. The average molecular weight is 378 g/mol. The highest BCUT2D eigenvalue weighted by atomic mass is 14.6. The summed E-state index contributed by atoms with van der Waals surface area (Å²) >= 11 is 0. The van der Waals surface area contributed by atoms with E-state index in [1.807, 2.05) is 79.7 Å². The van der Waals surface area contributed by atoms with Gasteiger partial charge in [-0.1, -0.05) is 130 Å². The molecule has 1 nitrogen and oxygen atoms in total. The van der Waals surface area contributed by atoms with Gasteiger partial charge in [-0.05, 0) is 30.9 Å². The van der Waals surface area contributed by atoms with E-state index in [9.17, 15) is 0 Å². The number of nitrogens with two attached hydrogens (primary N) is 1. The van der Waals surface area contributed by atoms with Crippen LogP contribution in [-0.4, -0.2) is 0 Å². The molecule has 2 N–H and O–H groups in total. The van der Waals surface area contributed by atoms with Crippen LogP contribution >= 0.6 is 0 Å². The highest BCUT2D eigenvalue weighted by Gasteiger charge is 2.07. The first kappa shape index (κ1) is 33.3. The first-order chi connectivity index (χ1) is 13.1. The van der Waals surface area contributed by atoms with Crippen LogP contribution in [0.4, 0.5) is 0 Å². The van der Waals surface area contributed by atoms with E-state index >= 15 is 0 Å². The van der Waals surface area contributed by atoms with Crippen LogP contribution in [0.1, 0.15) is 107 Å². The Labute approximate surface area is 173 Å². The lowest BCUT2D eigenvalue weighted by Gasteiger charge is -2.12. The van der Waals surface area contributed by atoms with E-state index in [-0.39, 0.29) is 6.04 Å². The molecule has 0 radical (unpaired) electrons. The summed E-state index contributed by atoms with van der Waals surface area (Å²) in [5.74, 6) is 0.949. The first-order valence-electron chi connectivity index (χ1n) is 11.2. The van der Waals surface area contributed by atoms with E-state index in [4.69, 9.17) is 5.73 Å². The summed E-state index contributed by atoms with van der Waals surface area (Å²) < 4.78 is 0. The van der Waals surface area contributed by atoms with E-state index in [0.29, 0.717) is 0 Å². The minimum absolute atomic E-state index is 0.0163. The van der Waals surface area contributed by atoms with Crippen LogP contribution in [0.2, 0.25) is 0 Å². The molecule has 0 heterocycles. The zero-order chi connectivity index (χ0) is 22.1. The Bertz CT molecular complexity index is 403. The van der Waals surface area contributed by atoms with Gasteiger partial charge in [-0.15, -0.1) is 0 Å². The Kier molecular flexibility index (Phi) is 36.2. The molecule has 0 aromatic heterocycles. The third kappa shape index (κ3) is 20.8. The van der Waals surface area contributed by atoms with Gasteiger partial charge in [0, 0.05) is 0 Å². The summed E-state index contributed by atoms with van der Waals surface area (Å²) in [6.45, 7) is 22.8. The number of benzene rings is 1. The van der Waals surface area contributed by atoms with Crippen molar-refractivity contribution >= 4 is 0 Å². The normalized spacial score (nSPS) is 11.9. The number of hydrogen-bond acceptors (Lipinski definition) is 1. The fourth-order valence-corrected chi connectivity index (χ4v) is 2.12. The van der Waals surface area contributed by atoms with Crippen LogP contribution in [0.3, 0.4) is 0 Å². The minimum Gasteiger partial charge on any atom is -0.320 e. The van der Waals surface area contributed by atoms with Gasteiger partial charge < -0.3 is 5.73 Å². The van der Waals surface area contributed by atoms with Crippen LogP contribution in [0.25, 0.3) is 0 Å². The maximum absolute atomic E-state index is 6.12. The topological polar surface area (TPSA) is 26.0 Å². The molecule has 0 aliphatic carbocycles. The van der Waals surface area contributed by atoms with Crippen molar-refractivity contribution in [2.24, 2.45) is 11.7 Å². The second kappa shape index (κ2) is 29.4. The van der Waals surface area contributed by atoms with Crippen LogP contribution in [-0.2, 0) is 0 Å². The van der Waals surface area contributed by atoms with Crippen LogP contribution < -0.4 is 5.73 Å². The molecule has 1 rings (SSSR count). The molecule has 2 unspecified atom stereocenters. The van der Waals surface area contributed by atoms with Crippen molar-refractivity contribution in [3.8, 4) is 0 Å². The molecular weight excluding hydrogens is 326 g/mol. The minimum atomic E-state index is -0.0163. The van der Waals surface area contributed by atoms with Crippen molar-refractivity contribution in [1.82, 2.24) is 0 Å². The van der Waals surface area contributed by atoms with Crippen molar-refractivity contribution in [1.29, 1.82) is 0 Å². The molecule has 0 saturated carbocycles.